The van der Waals surface area contributed by atoms with Crippen molar-refractivity contribution in [3.05, 3.63) is 35.0 Å². The maximum absolute atomic E-state index is 13.0. The number of hydrogen-bond donors (Lipinski definition) is 1. The molecule has 1 aromatic carbocycles. The van der Waals surface area contributed by atoms with Gasteiger partial charge in [-0.25, -0.2) is 14.6 Å². The molecule has 0 radical (unpaired) electrons. The molecule has 7 rings (SSSR count). The molecule has 5 heterocycles. The summed E-state index contributed by atoms with van der Waals surface area (Å²) >= 11 is 6.08. The van der Waals surface area contributed by atoms with Crippen molar-refractivity contribution in [3.8, 4) is 0 Å². The third-order valence-electron chi connectivity index (χ3n) is 8.12. The summed E-state index contributed by atoms with van der Waals surface area (Å²) in [7, 11) is 0. The molecular formula is C24H28ClNO6. The first-order valence-electron chi connectivity index (χ1n) is 11.5. The van der Waals surface area contributed by atoms with E-state index < -0.39 is 29.9 Å². The third-order valence-corrected chi connectivity index (χ3v) is 8.36. The van der Waals surface area contributed by atoms with E-state index in [1.54, 1.807) is 12.1 Å². The predicted molar refractivity (Wildman–Crippen MR) is 116 cm³/mol. The van der Waals surface area contributed by atoms with Gasteiger partial charge >= 0.3 is 5.97 Å². The number of carbonyl (C=O) groups excluding carboxylic acids is 1. The number of nitrogens with one attached hydrogen (secondary N) is 1. The smallest absolute Gasteiger partial charge is 0.357 e. The molecule has 8 heteroatoms. The average Bonchev–Trinajstić information content (AvgIpc) is 3.05. The van der Waals surface area contributed by atoms with Gasteiger partial charge in [-0.15, -0.1) is 0 Å². The maximum Gasteiger partial charge on any atom is 0.357 e. The molecule has 1 unspecified atom stereocenters. The number of hydrogen-bond acceptors (Lipinski definition) is 6. The minimum atomic E-state index is -0.858. The van der Waals surface area contributed by atoms with Gasteiger partial charge in [0.15, 0.2) is 11.9 Å². The Hall–Kier alpha value is -1.64. The van der Waals surface area contributed by atoms with Crippen molar-refractivity contribution in [3.63, 3.8) is 0 Å². The van der Waals surface area contributed by atoms with Crippen LogP contribution in [0.3, 0.4) is 0 Å². The zero-order valence-corrected chi connectivity index (χ0v) is 19.2. The van der Waals surface area contributed by atoms with Crippen molar-refractivity contribution in [2.75, 3.05) is 0 Å². The standard InChI is InChI=1S/C24H28ClNO6/c1-12-4-6-17-13(2)21(28-20(27)19-11-14-10-15(25)5-7-18(14)26-19)29-22-24(17)16(12)8-9-23(3,30-22)31-32-24/h5,7,10-13,16-17,21-22,26H,4,6,8-9H2,1-3H3/t12-,13-,16+,17+,21?,22-,23-,24-/m1/s1. The lowest BCUT2D eigenvalue weighted by molar-refractivity contribution is -0.576. The van der Waals surface area contributed by atoms with Crippen molar-refractivity contribution in [2.24, 2.45) is 23.7 Å². The number of rotatable bonds is 2. The lowest BCUT2D eigenvalue weighted by atomic mass is 9.58. The molecule has 1 spiro atoms. The van der Waals surface area contributed by atoms with Gasteiger partial charge in [-0.2, -0.15) is 0 Å². The topological polar surface area (TPSA) is 79.0 Å². The number of halogens is 1. The molecular weight excluding hydrogens is 434 g/mol. The second-order valence-corrected chi connectivity index (χ2v) is 10.5. The van der Waals surface area contributed by atoms with Crippen LogP contribution < -0.4 is 0 Å². The molecule has 0 amide bonds. The number of aromatic amines is 1. The van der Waals surface area contributed by atoms with Crippen molar-refractivity contribution in [1.29, 1.82) is 0 Å². The first-order valence-corrected chi connectivity index (χ1v) is 11.9. The molecule has 5 aliphatic rings. The Balaban J connectivity index is 1.29. The zero-order valence-electron chi connectivity index (χ0n) is 18.4. The van der Waals surface area contributed by atoms with Crippen molar-refractivity contribution < 1.29 is 28.8 Å². The first kappa shape index (κ1) is 20.9. The molecule has 1 aliphatic carbocycles. The van der Waals surface area contributed by atoms with Crippen molar-refractivity contribution in [2.45, 2.75) is 70.4 Å². The summed E-state index contributed by atoms with van der Waals surface area (Å²) in [5.41, 5.74) is 0.515. The van der Waals surface area contributed by atoms with Crippen molar-refractivity contribution in [1.82, 2.24) is 4.98 Å². The number of esters is 1. The number of H-pyrrole nitrogens is 1. The number of ether oxygens (including phenoxy) is 3. The van der Waals surface area contributed by atoms with E-state index in [0.717, 1.165) is 36.6 Å². The quantitative estimate of drug-likeness (QED) is 0.490. The minimum absolute atomic E-state index is 0.0707. The van der Waals surface area contributed by atoms with Gasteiger partial charge in [-0.1, -0.05) is 25.4 Å². The summed E-state index contributed by atoms with van der Waals surface area (Å²) in [6.45, 7) is 6.22. The molecule has 4 aliphatic heterocycles. The van der Waals surface area contributed by atoms with E-state index in [1.165, 1.54) is 0 Å². The molecule has 1 aromatic heterocycles. The highest BCUT2D eigenvalue weighted by Gasteiger charge is 2.69. The van der Waals surface area contributed by atoms with Crippen LogP contribution in [0.25, 0.3) is 10.9 Å². The largest absolute Gasteiger partial charge is 0.431 e. The Morgan fingerprint density at radius 1 is 1.16 bits per heavy atom. The van der Waals surface area contributed by atoms with Gasteiger partial charge < -0.3 is 19.2 Å². The average molecular weight is 462 g/mol. The number of benzene rings is 1. The van der Waals surface area contributed by atoms with E-state index in [2.05, 4.69) is 18.8 Å². The molecule has 2 bridgehead atoms. The summed E-state index contributed by atoms with van der Waals surface area (Å²) in [4.78, 5) is 28.1. The van der Waals surface area contributed by atoms with E-state index in [9.17, 15) is 4.79 Å². The van der Waals surface area contributed by atoms with Crippen LogP contribution in [0.1, 0.15) is 56.9 Å². The van der Waals surface area contributed by atoms with Crippen LogP contribution in [-0.4, -0.2) is 34.9 Å². The minimum Gasteiger partial charge on any atom is -0.431 e. The lowest BCUT2D eigenvalue weighted by Crippen LogP contribution is -2.70. The molecule has 172 valence electrons. The van der Waals surface area contributed by atoms with E-state index in [0.29, 0.717) is 16.6 Å². The molecule has 4 saturated heterocycles. The molecule has 5 fully saturated rings. The van der Waals surface area contributed by atoms with Crippen LogP contribution >= 0.6 is 11.6 Å². The Bertz CT molecular complexity index is 1070. The van der Waals surface area contributed by atoms with E-state index in [4.69, 9.17) is 35.6 Å². The molecule has 7 nitrogen and oxygen atoms in total. The monoisotopic (exact) mass is 461 g/mol. The van der Waals surface area contributed by atoms with Crippen molar-refractivity contribution >= 4 is 28.5 Å². The molecule has 2 aromatic rings. The Morgan fingerprint density at radius 3 is 2.84 bits per heavy atom. The fourth-order valence-electron chi connectivity index (χ4n) is 6.39. The Labute approximate surface area is 191 Å². The van der Waals surface area contributed by atoms with Gasteiger partial charge in [0.05, 0.1) is 0 Å². The van der Waals surface area contributed by atoms with Gasteiger partial charge in [-0.05, 0) is 62.3 Å². The Kier molecular flexibility index (Phi) is 4.69. The van der Waals surface area contributed by atoms with Gasteiger partial charge in [0, 0.05) is 34.2 Å². The second kappa shape index (κ2) is 7.18. The normalized spacial score (nSPS) is 43.0. The van der Waals surface area contributed by atoms with E-state index in [1.807, 2.05) is 19.1 Å². The van der Waals surface area contributed by atoms with E-state index >= 15 is 0 Å². The highest BCUT2D eigenvalue weighted by molar-refractivity contribution is 6.31. The van der Waals surface area contributed by atoms with Gasteiger partial charge in [0.2, 0.25) is 12.1 Å². The SMILES string of the molecule is C[C@@H]1CC[C@H]2[C@@H](C)C(OC(=O)c3cc4cc(Cl)ccc4[nH]3)O[C@@H]3O[C@@]4(C)CC[C@@H]1[C@]32OO4. The summed E-state index contributed by atoms with van der Waals surface area (Å²) in [6, 6.07) is 7.18. The number of aromatic nitrogens is 1. The third kappa shape index (κ3) is 2.98. The zero-order chi connectivity index (χ0) is 22.3. The highest BCUT2D eigenvalue weighted by atomic mass is 35.5. The summed E-state index contributed by atoms with van der Waals surface area (Å²) in [5.74, 6) is -0.540. The summed E-state index contributed by atoms with van der Waals surface area (Å²) in [5, 5.41) is 1.47. The fraction of sp³-hybridized carbons (Fsp3) is 0.625. The van der Waals surface area contributed by atoms with Crippen LogP contribution in [-0.2, 0) is 24.0 Å². The fourth-order valence-corrected chi connectivity index (χ4v) is 6.57. The summed E-state index contributed by atoms with van der Waals surface area (Å²) < 4.78 is 18.6. The maximum atomic E-state index is 13.0. The van der Waals surface area contributed by atoms with Crippen LogP contribution in [0.2, 0.25) is 5.02 Å². The van der Waals surface area contributed by atoms with Gasteiger partial charge in [0.25, 0.3) is 0 Å². The van der Waals surface area contributed by atoms with E-state index in [-0.39, 0.29) is 17.8 Å². The number of carbonyl (C=O) groups is 1. The van der Waals surface area contributed by atoms with Gasteiger partial charge in [-0.3, -0.25) is 0 Å². The molecule has 1 saturated carbocycles. The predicted octanol–water partition coefficient (Wildman–Crippen LogP) is 5.19. The lowest BCUT2D eigenvalue weighted by Gasteiger charge is -2.59. The van der Waals surface area contributed by atoms with Crippen LogP contribution in [0.4, 0.5) is 0 Å². The highest BCUT2D eigenvalue weighted by Crippen LogP contribution is 2.60. The van der Waals surface area contributed by atoms with Gasteiger partial charge in [0.1, 0.15) is 5.69 Å². The van der Waals surface area contributed by atoms with Crippen LogP contribution in [0.5, 0.6) is 0 Å². The Morgan fingerprint density at radius 2 is 2.00 bits per heavy atom. The van der Waals surface area contributed by atoms with Crippen LogP contribution in [0, 0.1) is 23.7 Å². The van der Waals surface area contributed by atoms with Crippen LogP contribution in [0.15, 0.2) is 24.3 Å². The molecule has 1 N–H and O–H groups in total. The summed E-state index contributed by atoms with van der Waals surface area (Å²) in [6.07, 6.45) is 2.37. The number of fused-ring (bicyclic) bond motifs is 3. The molecule has 32 heavy (non-hydrogen) atoms. The first-order chi connectivity index (χ1) is 15.3. The molecule has 8 atom stereocenters. The second-order valence-electron chi connectivity index (χ2n) is 10.1.